The molecule has 2 nitrogen and oxygen atoms in total. The Morgan fingerprint density at radius 2 is 1.36 bits per heavy atom. The Kier molecular flexibility index (Phi) is 6.56. The maximum Gasteiger partial charge on any atom is 0.201 e. The summed E-state index contributed by atoms with van der Waals surface area (Å²) in [6.45, 7) is 12.3. The van der Waals surface area contributed by atoms with Gasteiger partial charge in [0.25, 0.3) is 0 Å². The number of halogens is 1. The van der Waals surface area contributed by atoms with Crippen LogP contribution in [0.3, 0.4) is 0 Å². The molecule has 0 amide bonds. The van der Waals surface area contributed by atoms with Gasteiger partial charge in [-0.2, -0.15) is 0 Å². The molecule has 0 saturated carbocycles. The van der Waals surface area contributed by atoms with E-state index in [4.69, 9.17) is 20.5 Å². The number of hydrogen-bond acceptors (Lipinski definition) is 2. The van der Waals surface area contributed by atoms with Crippen molar-refractivity contribution in [3.8, 4) is 0 Å². The number of alkyl halides is 1. The summed E-state index contributed by atoms with van der Waals surface area (Å²) >= 11 is 5.79. The fraction of sp³-hybridized carbons (Fsp3) is 1.00. The molecular weight excluding hydrogens is 232 g/mol. The van der Waals surface area contributed by atoms with E-state index >= 15 is 0 Å². The molecule has 0 saturated heterocycles. The molecule has 0 N–H and O–H groups in total. The summed E-state index contributed by atoms with van der Waals surface area (Å²) in [6.07, 6.45) is 0. The number of hydrogen-bond donors (Lipinski definition) is 0. The van der Waals surface area contributed by atoms with Crippen LogP contribution in [0.2, 0.25) is 32.2 Å². The molecule has 0 fully saturated rings. The second kappa shape index (κ2) is 6.28. The van der Waals surface area contributed by atoms with E-state index in [2.05, 4.69) is 33.1 Å². The molecule has 0 aliphatic carbocycles. The quantitative estimate of drug-likeness (QED) is 0.395. The van der Waals surface area contributed by atoms with E-state index in [0.29, 0.717) is 12.1 Å². The predicted octanol–water partition coefficient (Wildman–Crippen LogP) is 3.23. The van der Waals surface area contributed by atoms with Gasteiger partial charge in [-0.1, -0.05) is 6.92 Å². The molecule has 0 aliphatic rings. The second-order valence-corrected chi connectivity index (χ2v) is 14.1. The van der Waals surface area contributed by atoms with E-state index in [1.165, 1.54) is 0 Å². The average molecular weight is 255 g/mol. The Hall–Kier alpha value is 0.644. The van der Waals surface area contributed by atoms with Gasteiger partial charge in [0.05, 0.1) is 13.2 Å². The molecule has 0 spiro atoms. The minimum absolute atomic E-state index is 0.654. The van der Waals surface area contributed by atoms with Crippen molar-refractivity contribution >= 4 is 28.2 Å². The Balaban J connectivity index is 3.57. The van der Waals surface area contributed by atoms with Crippen molar-refractivity contribution in [2.24, 2.45) is 0 Å². The Morgan fingerprint density at radius 1 is 0.929 bits per heavy atom. The van der Waals surface area contributed by atoms with E-state index in [1.54, 1.807) is 0 Å². The highest BCUT2D eigenvalue weighted by Crippen LogP contribution is 2.10. The molecule has 0 aromatic rings. The predicted molar refractivity (Wildman–Crippen MR) is 68.1 cm³/mol. The third-order valence-corrected chi connectivity index (χ3v) is 8.49. The van der Waals surface area contributed by atoms with Crippen molar-refractivity contribution in [3.63, 3.8) is 0 Å². The number of rotatable bonds is 7. The zero-order chi connectivity index (χ0) is 11.2. The molecule has 86 valence electrons. The maximum atomic E-state index is 5.81. The van der Waals surface area contributed by atoms with Gasteiger partial charge >= 0.3 is 0 Å². The minimum Gasteiger partial charge on any atom is -0.415 e. The van der Waals surface area contributed by atoms with Crippen molar-refractivity contribution in [2.75, 3.05) is 18.7 Å². The molecule has 0 heterocycles. The minimum atomic E-state index is -1.58. The van der Waals surface area contributed by atoms with Crippen LogP contribution in [0.5, 0.6) is 0 Å². The van der Waals surface area contributed by atoms with Gasteiger partial charge in [-0.15, -0.1) is 11.6 Å². The van der Waals surface area contributed by atoms with Gasteiger partial charge in [0.15, 0.2) is 8.32 Å². The molecule has 0 aromatic heterocycles. The van der Waals surface area contributed by atoms with E-state index in [9.17, 15) is 0 Å². The topological polar surface area (TPSA) is 18.5 Å². The first-order chi connectivity index (χ1) is 6.33. The van der Waals surface area contributed by atoms with Gasteiger partial charge in [0, 0.05) is 5.50 Å². The Labute approximate surface area is 95.2 Å². The van der Waals surface area contributed by atoms with E-state index in [0.717, 1.165) is 12.7 Å². The maximum absolute atomic E-state index is 5.81. The lowest BCUT2D eigenvalue weighted by Gasteiger charge is -2.24. The largest absolute Gasteiger partial charge is 0.415 e. The summed E-state index contributed by atoms with van der Waals surface area (Å²) < 4.78 is 11.5. The second-order valence-electron chi connectivity index (χ2n) is 4.70. The molecule has 0 aliphatic heterocycles. The van der Waals surface area contributed by atoms with Crippen LogP contribution in [-0.4, -0.2) is 35.4 Å². The van der Waals surface area contributed by atoms with E-state index < -0.39 is 16.6 Å². The fourth-order valence-electron chi connectivity index (χ4n) is 0.777. The van der Waals surface area contributed by atoms with Gasteiger partial charge in [-0.25, -0.2) is 0 Å². The zero-order valence-electron chi connectivity index (χ0n) is 10.0. The van der Waals surface area contributed by atoms with Crippen LogP contribution in [0, 0.1) is 0 Å². The van der Waals surface area contributed by atoms with Crippen LogP contribution >= 0.6 is 11.6 Å². The molecule has 0 rings (SSSR count). The molecule has 0 unspecified atom stereocenters. The lowest BCUT2D eigenvalue weighted by atomic mass is 10.8. The van der Waals surface area contributed by atoms with E-state index in [1.807, 2.05) is 0 Å². The average Bonchev–Trinajstić information content (AvgIpc) is 2.13. The van der Waals surface area contributed by atoms with Gasteiger partial charge in [-0.05, 0) is 32.2 Å². The third-order valence-electron chi connectivity index (χ3n) is 2.24. The smallest absolute Gasteiger partial charge is 0.201 e. The van der Waals surface area contributed by atoms with Crippen LogP contribution in [0.1, 0.15) is 6.92 Å². The molecule has 0 bridgehead atoms. The summed E-state index contributed by atoms with van der Waals surface area (Å²) in [4.78, 5) is 0. The lowest BCUT2D eigenvalue weighted by molar-refractivity contribution is 0.206. The normalized spacial score (nSPS) is 13.3. The highest BCUT2D eigenvalue weighted by atomic mass is 35.5. The monoisotopic (exact) mass is 254 g/mol. The Morgan fingerprint density at radius 3 is 1.71 bits per heavy atom. The van der Waals surface area contributed by atoms with Crippen LogP contribution in [0.15, 0.2) is 0 Å². The fourth-order valence-corrected chi connectivity index (χ4v) is 2.56. The molecule has 0 radical (unpaired) electrons. The van der Waals surface area contributed by atoms with Crippen LogP contribution in [0.4, 0.5) is 0 Å². The highest BCUT2D eigenvalue weighted by Gasteiger charge is 2.22. The van der Waals surface area contributed by atoms with Crippen molar-refractivity contribution in [1.82, 2.24) is 0 Å². The summed E-state index contributed by atoms with van der Waals surface area (Å²) in [5, 5.41) is 0. The van der Waals surface area contributed by atoms with Crippen molar-refractivity contribution in [2.45, 2.75) is 39.2 Å². The molecule has 14 heavy (non-hydrogen) atoms. The molecular formula is C9H23ClO2Si2. The van der Waals surface area contributed by atoms with Crippen molar-refractivity contribution in [1.29, 1.82) is 0 Å². The van der Waals surface area contributed by atoms with Crippen molar-refractivity contribution < 1.29 is 8.85 Å². The highest BCUT2D eigenvalue weighted by molar-refractivity contribution is 6.77. The first-order valence-electron chi connectivity index (χ1n) is 5.17. The summed E-state index contributed by atoms with van der Waals surface area (Å²) in [7, 11) is -2.96. The van der Waals surface area contributed by atoms with Gasteiger partial charge in [0.1, 0.15) is 0 Å². The van der Waals surface area contributed by atoms with Gasteiger partial charge in [0.2, 0.25) is 8.32 Å². The van der Waals surface area contributed by atoms with Crippen LogP contribution < -0.4 is 0 Å². The lowest BCUT2D eigenvalue weighted by Crippen LogP contribution is -2.36. The molecule has 0 aromatic carbocycles. The zero-order valence-corrected chi connectivity index (χ0v) is 12.8. The summed E-state index contributed by atoms with van der Waals surface area (Å²) in [5.41, 5.74) is 0.654. The molecule has 0 atom stereocenters. The Bertz CT molecular complexity index is 145. The first kappa shape index (κ1) is 14.6. The summed E-state index contributed by atoms with van der Waals surface area (Å²) in [6, 6.07) is 1.16. The van der Waals surface area contributed by atoms with Gasteiger partial charge < -0.3 is 8.85 Å². The van der Waals surface area contributed by atoms with Crippen LogP contribution in [-0.2, 0) is 8.85 Å². The van der Waals surface area contributed by atoms with Gasteiger partial charge in [-0.3, -0.25) is 0 Å². The van der Waals surface area contributed by atoms with Crippen LogP contribution in [0.25, 0.3) is 0 Å². The van der Waals surface area contributed by atoms with Crippen molar-refractivity contribution in [3.05, 3.63) is 0 Å². The third kappa shape index (κ3) is 7.00. The molecule has 5 heteroatoms. The van der Waals surface area contributed by atoms with E-state index in [-0.39, 0.29) is 0 Å². The summed E-state index contributed by atoms with van der Waals surface area (Å²) in [5.74, 6) is 0. The SMILES string of the molecule is CC[Si](C)(C)OCCO[Si](C)(C)CCl. The standard InChI is InChI=1S/C9H23ClO2Si2/c1-6-13(2,3)11-7-8-12-14(4,5)9-10/h6-9H2,1-5H3. The first-order valence-corrected chi connectivity index (χ1v) is 11.9.